The van der Waals surface area contributed by atoms with Crippen LogP contribution in [0.25, 0.3) is 0 Å². The third-order valence-electron chi connectivity index (χ3n) is 3.01. The maximum Gasteiger partial charge on any atom is 0.119 e. The van der Waals surface area contributed by atoms with Gasteiger partial charge in [0.1, 0.15) is 5.75 Å². The molecule has 0 fully saturated rings. The van der Waals surface area contributed by atoms with Gasteiger partial charge in [0.05, 0.1) is 11.7 Å². The van der Waals surface area contributed by atoms with E-state index < -0.39 is 5.60 Å². The van der Waals surface area contributed by atoms with Crippen molar-refractivity contribution in [3.05, 3.63) is 29.8 Å². The van der Waals surface area contributed by atoms with E-state index in [1.807, 2.05) is 32.9 Å². The Bertz CT molecular complexity index is 356. The van der Waals surface area contributed by atoms with Gasteiger partial charge in [0.25, 0.3) is 0 Å². The molecule has 0 radical (unpaired) electrons. The minimum absolute atomic E-state index is 0.198. The molecule has 2 nitrogen and oxygen atoms in total. The molecule has 0 aliphatic carbocycles. The van der Waals surface area contributed by atoms with E-state index in [-0.39, 0.29) is 6.10 Å². The first-order valence-electron chi connectivity index (χ1n) is 6.91. The highest BCUT2D eigenvalue weighted by atomic mass is 16.5. The van der Waals surface area contributed by atoms with E-state index in [1.54, 1.807) is 0 Å². The van der Waals surface area contributed by atoms with Gasteiger partial charge in [-0.1, -0.05) is 25.5 Å². The van der Waals surface area contributed by atoms with E-state index >= 15 is 0 Å². The van der Waals surface area contributed by atoms with Crippen LogP contribution >= 0.6 is 0 Å². The van der Waals surface area contributed by atoms with E-state index in [0.29, 0.717) is 0 Å². The molecular weight excluding hydrogens is 224 g/mol. The lowest BCUT2D eigenvalue weighted by atomic mass is 9.92. The highest BCUT2D eigenvalue weighted by molar-refractivity contribution is 5.28. The lowest BCUT2D eigenvalue weighted by molar-refractivity contribution is 0.0415. The number of aryl methyl sites for hydroxylation is 1. The lowest BCUT2D eigenvalue weighted by Crippen LogP contribution is -2.24. The fourth-order valence-electron chi connectivity index (χ4n) is 2.12. The van der Waals surface area contributed by atoms with Crippen LogP contribution in [0.15, 0.2) is 24.3 Å². The average molecular weight is 250 g/mol. The van der Waals surface area contributed by atoms with Crippen molar-refractivity contribution in [2.75, 3.05) is 0 Å². The van der Waals surface area contributed by atoms with Crippen LogP contribution in [0.4, 0.5) is 0 Å². The molecule has 1 N–H and O–H groups in total. The van der Waals surface area contributed by atoms with Crippen LogP contribution in [0.1, 0.15) is 52.5 Å². The van der Waals surface area contributed by atoms with Gasteiger partial charge < -0.3 is 9.84 Å². The molecule has 1 unspecified atom stereocenters. The Hall–Kier alpha value is -1.02. The molecule has 0 saturated carbocycles. The van der Waals surface area contributed by atoms with E-state index in [9.17, 15) is 5.11 Å². The molecule has 102 valence electrons. The Labute approximate surface area is 111 Å². The Balaban J connectivity index is 2.57. The maximum absolute atomic E-state index is 10.2. The van der Waals surface area contributed by atoms with Gasteiger partial charge in [-0.3, -0.25) is 0 Å². The molecular formula is C16H26O2. The summed E-state index contributed by atoms with van der Waals surface area (Å²) in [5.41, 5.74) is 0.674. The summed E-state index contributed by atoms with van der Waals surface area (Å²) in [6.45, 7) is 8.08. The summed E-state index contributed by atoms with van der Waals surface area (Å²) in [6, 6.07) is 8.16. The molecule has 18 heavy (non-hydrogen) atoms. The molecule has 1 aromatic carbocycles. The van der Waals surface area contributed by atoms with Crippen LogP contribution in [0.5, 0.6) is 5.75 Å². The number of aliphatic hydroxyl groups is 1. The van der Waals surface area contributed by atoms with Crippen LogP contribution in [0, 0.1) is 0 Å². The zero-order valence-electron chi connectivity index (χ0n) is 12.1. The van der Waals surface area contributed by atoms with E-state index in [2.05, 4.69) is 19.1 Å². The third kappa shape index (κ3) is 5.54. The molecule has 2 heteroatoms. The number of benzene rings is 1. The first-order chi connectivity index (χ1) is 8.43. The molecule has 0 spiro atoms. The summed E-state index contributed by atoms with van der Waals surface area (Å²) in [5.74, 6) is 0.914. The zero-order chi connectivity index (χ0) is 13.6. The molecule has 0 heterocycles. The van der Waals surface area contributed by atoms with Crippen LogP contribution in [-0.4, -0.2) is 16.8 Å². The molecule has 1 aromatic rings. The van der Waals surface area contributed by atoms with E-state index in [4.69, 9.17) is 4.74 Å². The standard InChI is InChI=1S/C16H26O2/c1-5-10-16(4,17)11-9-14-7-6-8-15(12-14)18-13(2)3/h6-8,12-13,17H,5,9-11H2,1-4H3. The number of hydrogen-bond donors (Lipinski definition) is 1. The Morgan fingerprint density at radius 1 is 1.28 bits per heavy atom. The van der Waals surface area contributed by atoms with Gasteiger partial charge in [0.15, 0.2) is 0 Å². The summed E-state index contributed by atoms with van der Waals surface area (Å²) >= 11 is 0. The predicted molar refractivity (Wildman–Crippen MR) is 76.1 cm³/mol. The average Bonchev–Trinajstić information content (AvgIpc) is 2.26. The molecule has 0 aromatic heterocycles. The highest BCUT2D eigenvalue weighted by Crippen LogP contribution is 2.21. The summed E-state index contributed by atoms with van der Waals surface area (Å²) in [4.78, 5) is 0. The molecule has 0 aliphatic heterocycles. The van der Waals surface area contributed by atoms with E-state index in [1.165, 1.54) is 5.56 Å². The van der Waals surface area contributed by atoms with Crippen molar-refractivity contribution < 1.29 is 9.84 Å². The predicted octanol–water partition coefficient (Wildman–Crippen LogP) is 3.96. The van der Waals surface area contributed by atoms with Crippen LogP contribution < -0.4 is 4.74 Å². The SMILES string of the molecule is CCCC(C)(O)CCc1cccc(OC(C)C)c1. The van der Waals surface area contributed by atoms with Crippen molar-refractivity contribution in [2.24, 2.45) is 0 Å². The summed E-state index contributed by atoms with van der Waals surface area (Å²) in [6.07, 6.45) is 3.76. The fourth-order valence-corrected chi connectivity index (χ4v) is 2.12. The Morgan fingerprint density at radius 3 is 2.61 bits per heavy atom. The monoisotopic (exact) mass is 250 g/mol. The van der Waals surface area contributed by atoms with Gasteiger partial charge >= 0.3 is 0 Å². The first kappa shape index (κ1) is 15.0. The zero-order valence-corrected chi connectivity index (χ0v) is 12.1. The van der Waals surface area contributed by atoms with Crippen molar-refractivity contribution in [2.45, 2.75) is 65.1 Å². The third-order valence-corrected chi connectivity index (χ3v) is 3.01. The number of rotatable bonds is 7. The van der Waals surface area contributed by atoms with Gasteiger partial charge in [-0.25, -0.2) is 0 Å². The Kier molecular flexibility index (Phi) is 5.67. The number of ether oxygens (including phenoxy) is 1. The smallest absolute Gasteiger partial charge is 0.119 e. The summed E-state index contributed by atoms with van der Waals surface area (Å²) < 4.78 is 5.67. The second kappa shape index (κ2) is 6.79. The first-order valence-corrected chi connectivity index (χ1v) is 6.91. The van der Waals surface area contributed by atoms with Crippen molar-refractivity contribution >= 4 is 0 Å². The van der Waals surface area contributed by atoms with Crippen molar-refractivity contribution in [3.8, 4) is 5.75 Å². The minimum Gasteiger partial charge on any atom is -0.491 e. The summed E-state index contributed by atoms with van der Waals surface area (Å²) in [5, 5.41) is 10.2. The quantitative estimate of drug-likeness (QED) is 0.793. The lowest BCUT2D eigenvalue weighted by Gasteiger charge is -2.22. The number of hydrogen-bond acceptors (Lipinski definition) is 2. The molecule has 1 atom stereocenters. The van der Waals surface area contributed by atoms with Gasteiger partial charge in [0, 0.05) is 0 Å². The second-order valence-corrected chi connectivity index (χ2v) is 5.56. The van der Waals surface area contributed by atoms with Crippen LogP contribution in [0.2, 0.25) is 0 Å². The van der Waals surface area contributed by atoms with Gasteiger partial charge in [-0.2, -0.15) is 0 Å². The van der Waals surface area contributed by atoms with Crippen molar-refractivity contribution in [3.63, 3.8) is 0 Å². The molecule has 0 aliphatic rings. The van der Waals surface area contributed by atoms with Gasteiger partial charge in [-0.15, -0.1) is 0 Å². The molecule has 0 saturated heterocycles. The van der Waals surface area contributed by atoms with Crippen LogP contribution in [-0.2, 0) is 6.42 Å². The van der Waals surface area contributed by atoms with E-state index in [0.717, 1.165) is 31.4 Å². The second-order valence-electron chi connectivity index (χ2n) is 5.56. The van der Waals surface area contributed by atoms with Crippen molar-refractivity contribution in [1.29, 1.82) is 0 Å². The largest absolute Gasteiger partial charge is 0.491 e. The Morgan fingerprint density at radius 2 is 2.00 bits per heavy atom. The molecule has 1 rings (SSSR count). The fraction of sp³-hybridized carbons (Fsp3) is 0.625. The van der Waals surface area contributed by atoms with Crippen molar-refractivity contribution in [1.82, 2.24) is 0 Å². The van der Waals surface area contributed by atoms with Gasteiger partial charge in [0.2, 0.25) is 0 Å². The molecule has 0 amide bonds. The summed E-state index contributed by atoms with van der Waals surface area (Å²) in [7, 11) is 0. The van der Waals surface area contributed by atoms with Gasteiger partial charge in [-0.05, 0) is 57.7 Å². The minimum atomic E-state index is -0.552. The van der Waals surface area contributed by atoms with Crippen LogP contribution in [0.3, 0.4) is 0 Å². The highest BCUT2D eigenvalue weighted by Gasteiger charge is 2.18. The topological polar surface area (TPSA) is 29.5 Å². The maximum atomic E-state index is 10.2. The molecule has 0 bridgehead atoms. The normalized spacial score (nSPS) is 14.6.